The molecule has 4 aromatic rings. The van der Waals surface area contributed by atoms with Crippen molar-refractivity contribution in [2.75, 3.05) is 20.8 Å². The van der Waals surface area contributed by atoms with Crippen molar-refractivity contribution in [1.82, 2.24) is 25.9 Å². The van der Waals surface area contributed by atoms with E-state index in [4.69, 9.17) is 37.7 Å². The fourth-order valence-corrected chi connectivity index (χ4v) is 7.07. The number of halogens is 3. The van der Waals surface area contributed by atoms with Crippen LogP contribution in [0.15, 0.2) is 54.7 Å². The first-order valence-corrected chi connectivity index (χ1v) is 16.6. The Hall–Kier alpha value is -3.80. The average molecular weight is 695 g/mol. The number of rotatable bonds is 12. The number of ether oxygens (including phenoxy) is 2. The maximum absolute atomic E-state index is 15.5. The molecule has 0 spiro atoms. The highest BCUT2D eigenvalue weighted by molar-refractivity contribution is 6.39. The van der Waals surface area contributed by atoms with Gasteiger partial charge >= 0.3 is 0 Å². The van der Waals surface area contributed by atoms with Gasteiger partial charge in [-0.2, -0.15) is 0 Å². The van der Waals surface area contributed by atoms with Crippen LogP contribution >= 0.6 is 23.2 Å². The van der Waals surface area contributed by atoms with Gasteiger partial charge in [0.1, 0.15) is 11.6 Å². The maximum Gasteiger partial charge on any atom is 0.220 e. The third-order valence-corrected chi connectivity index (χ3v) is 9.76. The van der Waals surface area contributed by atoms with Gasteiger partial charge in [0.2, 0.25) is 11.8 Å². The topological polar surface area (TPSA) is 118 Å². The molecule has 6 rings (SSSR count). The monoisotopic (exact) mass is 693 g/mol. The molecule has 1 atom stereocenters. The normalized spacial score (nSPS) is 20.4. The molecule has 3 heterocycles. The van der Waals surface area contributed by atoms with Crippen LogP contribution in [0.5, 0.6) is 11.6 Å². The summed E-state index contributed by atoms with van der Waals surface area (Å²) in [4.78, 5) is 20.7. The Balaban J connectivity index is 1.24. The van der Waals surface area contributed by atoms with E-state index in [1.807, 2.05) is 30.3 Å². The minimum absolute atomic E-state index is 0.0852. The summed E-state index contributed by atoms with van der Waals surface area (Å²) in [6.07, 6.45) is 4.21. The van der Waals surface area contributed by atoms with Crippen LogP contribution in [0.2, 0.25) is 10.0 Å². The molecule has 2 aromatic carbocycles. The maximum atomic E-state index is 15.5. The minimum Gasteiger partial charge on any atom is -0.496 e. The lowest BCUT2D eigenvalue weighted by atomic mass is 9.77. The van der Waals surface area contributed by atoms with Crippen molar-refractivity contribution in [3.05, 3.63) is 81.7 Å². The van der Waals surface area contributed by atoms with Crippen molar-refractivity contribution >= 4 is 29.1 Å². The summed E-state index contributed by atoms with van der Waals surface area (Å²) in [5.74, 6) is 0.475. The molecule has 2 aliphatic rings. The largest absolute Gasteiger partial charge is 0.496 e. The molecule has 1 aliphatic carbocycles. The number of methoxy groups -OCH3 is 2. The van der Waals surface area contributed by atoms with E-state index in [-0.39, 0.29) is 24.5 Å². The van der Waals surface area contributed by atoms with Crippen molar-refractivity contribution in [3.63, 3.8) is 0 Å². The zero-order chi connectivity index (χ0) is 34.0. The number of aromatic nitrogens is 2. The van der Waals surface area contributed by atoms with Gasteiger partial charge in [-0.1, -0.05) is 47.5 Å². The third kappa shape index (κ3) is 7.28. The number of carbonyl (C=O) groups excluding carboxylic acids is 1. The van der Waals surface area contributed by atoms with Crippen LogP contribution in [0, 0.1) is 5.82 Å². The molecule has 252 valence electrons. The first kappa shape index (κ1) is 34.1. The molecule has 1 aliphatic heterocycles. The van der Waals surface area contributed by atoms with E-state index in [9.17, 15) is 9.90 Å². The van der Waals surface area contributed by atoms with Crippen molar-refractivity contribution < 1.29 is 23.8 Å². The highest BCUT2D eigenvalue weighted by Gasteiger charge is 2.38. The van der Waals surface area contributed by atoms with Crippen molar-refractivity contribution in [2.45, 2.75) is 63.4 Å². The second kappa shape index (κ2) is 14.4. The number of benzene rings is 2. The van der Waals surface area contributed by atoms with Crippen LogP contribution < -0.4 is 25.4 Å². The zero-order valence-corrected chi connectivity index (χ0v) is 28.5. The predicted octanol–water partition coefficient (Wildman–Crippen LogP) is 6.31. The molecule has 0 unspecified atom stereocenters. The molecule has 12 heteroatoms. The Morgan fingerprint density at radius 2 is 1.81 bits per heavy atom. The summed E-state index contributed by atoms with van der Waals surface area (Å²) in [7, 11) is 3.07. The van der Waals surface area contributed by atoms with E-state index in [2.05, 4.69) is 20.9 Å². The first-order valence-electron chi connectivity index (χ1n) is 15.9. The van der Waals surface area contributed by atoms with Gasteiger partial charge in [-0.3, -0.25) is 9.78 Å². The van der Waals surface area contributed by atoms with Crippen LogP contribution in [0.25, 0.3) is 33.6 Å². The number of carbonyl (C=O) groups is 1. The Morgan fingerprint density at radius 3 is 2.52 bits per heavy atom. The Bertz CT molecular complexity index is 1830. The number of nitrogens with zero attached hydrogens (tertiary/aromatic N) is 2. The molecule has 1 saturated carbocycles. The van der Waals surface area contributed by atoms with E-state index in [1.165, 1.54) is 13.2 Å². The summed E-state index contributed by atoms with van der Waals surface area (Å²) >= 11 is 14.0. The molecule has 48 heavy (non-hydrogen) atoms. The fraction of sp³-hybridized carbons (Fsp3) is 0.361. The minimum atomic E-state index is -0.678. The van der Waals surface area contributed by atoms with Crippen LogP contribution in [0.3, 0.4) is 0 Å². The van der Waals surface area contributed by atoms with Gasteiger partial charge in [0.15, 0.2) is 0 Å². The standard InChI is InChI=1S/C36H38Cl2FN5O4/c1-36(46)15-23(16-36)42-19-27-28(39)13-21(14-30(27)47-2)34-33(38)25(11-12-41-34)24-5-4-6-26(32(24)37)29-9-7-20(35(44-29)48-3)17-40-18-22-8-10-31(45)43-22/h4-7,9,11-14,22-23,40,42,46H,8,10,15-19H2,1-3H3,(H,43,45)/t22-,23-,36-/m1/s1. The number of hydrogen-bond acceptors (Lipinski definition) is 8. The lowest BCUT2D eigenvalue weighted by molar-refractivity contribution is -0.119. The highest BCUT2D eigenvalue weighted by atomic mass is 35.5. The molecule has 2 aromatic heterocycles. The fourth-order valence-electron chi connectivity index (χ4n) is 6.43. The van der Waals surface area contributed by atoms with Crippen LogP contribution in [-0.2, 0) is 17.9 Å². The zero-order valence-electron chi connectivity index (χ0n) is 27.0. The molecule has 0 radical (unpaired) electrons. The lowest BCUT2D eigenvalue weighted by Crippen LogP contribution is -2.51. The highest BCUT2D eigenvalue weighted by Crippen LogP contribution is 2.42. The van der Waals surface area contributed by atoms with E-state index in [0.717, 1.165) is 12.0 Å². The lowest BCUT2D eigenvalue weighted by Gasteiger charge is -2.41. The molecule has 1 amide bonds. The van der Waals surface area contributed by atoms with E-state index in [0.29, 0.717) is 93.2 Å². The summed E-state index contributed by atoms with van der Waals surface area (Å²) in [6.45, 7) is 3.24. The van der Waals surface area contributed by atoms with E-state index < -0.39 is 11.4 Å². The number of hydrogen-bond donors (Lipinski definition) is 4. The second-order valence-electron chi connectivity index (χ2n) is 12.6. The smallest absolute Gasteiger partial charge is 0.220 e. The molecule has 1 saturated heterocycles. The van der Waals surface area contributed by atoms with E-state index in [1.54, 1.807) is 32.4 Å². The predicted molar refractivity (Wildman–Crippen MR) is 185 cm³/mol. The molecule has 4 N–H and O–H groups in total. The van der Waals surface area contributed by atoms with Gasteiger partial charge < -0.3 is 30.5 Å². The van der Waals surface area contributed by atoms with Gasteiger partial charge in [-0.15, -0.1) is 0 Å². The molecular weight excluding hydrogens is 656 g/mol. The Labute approximate surface area is 289 Å². The quantitative estimate of drug-likeness (QED) is 0.136. The van der Waals surface area contributed by atoms with Crippen molar-refractivity contribution in [1.29, 1.82) is 0 Å². The van der Waals surface area contributed by atoms with Crippen LogP contribution in [0.4, 0.5) is 4.39 Å². The Kier molecular flexibility index (Phi) is 10.2. The van der Waals surface area contributed by atoms with Crippen LogP contribution in [-0.4, -0.2) is 59.4 Å². The average Bonchev–Trinajstić information content (AvgIpc) is 3.48. The number of aliphatic hydroxyl groups is 1. The number of nitrogens with one attached hydrogen (secondary N) is 3. The molecule has 9 nitrogen and oxygen atoms in total. The van der Waals surface area contributed by atoms with Gasteiger partial charge in [-0.25, -0.2) is 9.37 Å². The molecule has 2 fully saturated rings. The van der Waals surface area contributed by atoms with Gasteiger partial charge in [0, 0.05) is 77.7 Å². The van der Waals surface area contributed by atoms with E-state index >= 15 is 4.39 Å². The summed E-state index contributed by atoms with van der Waals surface area (Å²) in [5.41, 5.74) is 4.04. The number of amides is 1. The summed E-state index contributed by atoms with van der Waals surface area (Å²) in [6, 6.07) is 14.6. The summed E-state index contributed by atoms with van der Waals surface area (Å²) in [5, 5.41) is 20.4. The number of pyridine rings is 2. The summed E-state index contributed by atoms with van der Waals surface area (Å²) < 4.78 is 26.7. The SMILES string of the molecule is COc1cc(-c2nccc(-c3cccc(-c4ccc(CNC[C@H]5CCC(=O)N5)c(OC)n4)c3Cl)c2Cl)cc(F)c1CN[C@H]1C[C@](C)(O)C1. The second-order valence-corrected chi connectivity index (χ2v) is 13.4. The third-order valence-electron chi connectivity index (χ3n) is 8.97. The van der Waals surface area contributed by atoms with Crippen LogP contribution in [0.1, 0.15) is 43.7 Å². The van der Waals surface area contributed by atoms with Crippen molar-refractivity contribution in [3.8, 4) is 45.3 Å². The first-order chi connectivity index (χ1) is 23.1. The Morgan fingerprint density at radius 1 is 1.04 bits per heavy atom. The molecule has 0 bridgehead atoms. The van der Waals surface area contributed by atoms with Gasteiger partial charge in [-0.05, 0) is 50.5 Å². The van der Waals surface area contributed by atoms with Gasteiger partial charge in [0.05, 0.1) is 41.3 Å². The van der Waals surface area contributed by atoms with Crippen molar-refractivity contribution in [2.24, 2.45) is 0 Å². The van der Waals surface area contributed by atoms with Gasteiger partial charge in [0.25, 0.3) is 0 Å². The molecular formula is C36H38Cl2FN5O4.